The van der Waals surface area contributed by atoms with Crippen LogP contribution in [0.2, 0.25) is 0 Å². The highest BCUT2D eigenvalue weighted by atomic mass is 127. The van der Waals surface area contributed by atoms with Gasteiger partial charge in [0.05, 0.1) is 19.8 Å². The van der Waals surface area contributed by atoms with Gasteiger partial charge in [0.2, 0.25) is 0 Å². The van der Waals surface area contributed by atoms with Gasteiger partial charge in [-0.3, -0.25) is 0 Å². The number of halogens is 1. The van der Waals surface area contributed by atoms with Crippen molar-refractivity contribution < 1.29 is 9.47 Å². The normalized spacial score (nSPS) is 13.8. The fourth-order valence-electron chi connectivity index (χ4n) is 3.38. The molecule has 1 heterocycles. The Hall–Kier alpha value is -2.26. The number of rotatable bonds is 9. The van der Waals surface area contributed by atoms with E-state index >= 15 is 0 Å². The van der Waals surface area contributed by atoms with Gasteiger partial charge in [0.25, 0.3) is 0 Å². The molecule has 2 aromatic rings. The fraction of sp³-hybridized carbons (Fsp3) is 0.375. The molecule has 3 rings (SSSR count). The third-order valence-electron chi connectivity index (χ3n) is 4.87. The maximum Gasteiger partial charge on any atom is 0.191 e. The second-order valence-electron chi connectivity index (χ2n) is 6.98. The molecule has 1 fully saturated rings. The van der Waals surface area contributed by atoms with E-state index in [4.69, 9.17) is 14.5 Å². The smallest absolute Gasteiger partial charge is 0.191 e. The van der Waals surface area contributed by atoms with Gasteiger partial charge >= 0.3 is 0 Å². The van der Waals surface area contributed by atoms with Crippen molar-refractivity contribution in [1.82, 2.24) is 10.6 Å². The molecule has 2 aromatic carbocycles. The first-order valence-corrected chi connectivity index (χ1v) is 10.6. The first-order valence-electron chi connectivity index (χ1n) is 10.6. The number of hydrogen-bond donors (Lipinski definition) is 2. The summed E-state index contributed by atoms with van der Waals surface area (Å²) in [7, 11) is 0. The predicted octanol–water partition coefficient (Wildman–Crippen LogP) is 3.96. The molecule has 2 N–H and O–H groups in total. The molecule has 0 saturated carbocycles. The van der Waals surface area contributed by atoms with E-state index in [1.807, 2.05) is 24.3 Å². The maximum absolute atomic E-state index is 5.75. The lowest BCUT2D eigenvalue weighted by Crippen LogP contribution is -2.39. The average molecular weight is 536 g/mol. The minimum Gasteiger partial charge on any atom is -0.489 e. The summed E-state index contributed by atoms with van der Waals surface area (Å²) in [5, 5.41) is 6.81. The van der Waals surface area contributed by atoms with Crippen LogP contribution in [0.4, 0.5) is 5.69 Å². The summed E-state index contributed by atoms with van der Waals surface area (Å²) in [5.41, 5.74) is 3.55. The number of anilines is 1. The maximum atomic E-state index is 5.75. The summed E-state index contributed by atoms with van der Waals surface area (Å²) in [6, 6.07) is 16.5. The van der Waals surface area contributed by atoms with Crippen LogP contribution >= 0.6 is 24.0 Å². The van der Waals surface area contributed by atoms with Crippen LogP contribution in [0.3, 0.4) is 0 Å². The molecule has 31 heavy (non-hydrogen) atoms. The van der Waals surface area contributed by atoms with Gasteiger partial charge < -0.3 is 25.0 Å². The fourth-order valence-corrected chi connectivity index (χ4v) is 3.38. The van der Waals surface area contributed by atoms with Crippen molar-refractivity contribution in [2.24, 2.45) is 4.99 Å². The van der Waals surface area contributed by atoms with E-state index in [0.29, 0.717) is 19.7 Å². The van der Waals surface area contributed by atoms with Crippen molar-refractivity contribution in [1.29, 1.82) is 0 Å². The van der Waals surface area contributed by atoms with E-state index < -0.39 is 0 Å². The topological polar surface area (TPSA) is 58.1 Å². The molecule has 0 radical (unpaired) electrons. The van der Waals surface area contributed by atoms with Gasteiger partial charge in [-0.2, -0.15) is 0 Å². The SMILES string of the molecule is C=CCOc1ccccc1CN=C(NCC)NCc1ccccc1N1CCOCC1.I. The standard InChI is InChI=1S/C24H32N4O2.HI/c1-3-15-30-23-12-8-6-10-21(23)19-27-24(25-4-2)26-18-20-9-5-7-11-22(20)28-13-16-29-17-14-28;/h3,5-12H,1,4,13-19H2,2H3,(H2,25,26,27);1H. The van der Waals surface area contributed by atoms with Crippen molar-refractivity contribution in [3.05, 3.63) is 72.3 Å². The predicted molar refractivity (Wildman–Crippen MR) is 139 cm³/mol. The van der Waals surface area contributed by atoms with E-state index in [9.17, 15) is 0 Å². The molecule has 0 unspecified atom stereocenters. The molecule has 1 aliphatic heterocycles. The van der Waals surface area contributed by atoms with Gasteiger partial charge in [-0.05, 0) is 24.6 Å². The Kier molecular flexibility index (Phi) is 11.2. The van der Waals surface area contributed by atoms with E-state index in [-0.39, 0.29) is 24.0 Å². The van der Waals surface area contributed by atoms with Gasteiger partial charge in [-0.25, -0.2) is 4.99 Å². The summed E-state index contributed by atoms with van der Waals surface area (Å²) >= 11 is 0. The van der Waals surface area contributed by atoms with Crippen LogP contribution in [-0.2, 0) is 17.8 Å². The number of guanidine groups is 1. The van der Waals surface area contributed by atoms with E-state index in [0.717, 1.165) is 50.1 Å². The number of para-hydroxylation sites is 2. The van der Waals surface area contributed by atoms with Gasteiger partial charge in [0.15, 0.2) is 5.96 Å². The third kappa shape index (κ3) is 7.74. The van der Waals surface area contributed by atoms with Crippen LogP contribution in [0.25, 0.3) is 0 Å². The van der Waals surface area contributed by atoms with Crippen molar-refractivity contribution in [2.45, 2.75) is 20.0 Å². The highest BCUT2D eigenvalue weighted by Gasteiger charge is 2.14. The van der Waals surface area contributed by atoms with Crippen LogP contribution in [0, 0.1) is 0 Å². The Morgan fingerprint density at radius 1 is 1.10 bits per heavy atom. The number of benzene rings is 2. The van der Waals surface area contributed by atoms with Gasteiger partial charge in [-0.15, -0.1) is 24.0 Å². The highest BCUT2D eigenvalue weighted by molar-refractivity contribution is 14.0. The Morgan fingerprint density at radius 3 is 2.55 bits per heavy atom. The quantitative estimate of drug-likeness (QED) is 0.220. The lowest BCUT2D eigenvalue weighted by molar-refractivity contribution is 0.122. The zero-order valence-corrected chi connectivity index (χ0v) is 20.5. The van der Waals surface area contributed by atoms with E-state index in [1.54, 1.807) is 6.08 Å². The third-order valence-corrected chi connectivity index (χ3v) is 4.87. The summed E-state index contributed by atoms with van der Waals surface area (Å²) < 4.78 is 11.2. The molecule has 1 aliphatic rings. The number of nitrogens with zero attached hydrogens (tertiary/aromatic N) is 2. The average Bonchev–Trinajstić information content (AvgIpc) is 2.81. The number of morpholine rings is 1. The Morgan fingerprint density at radius 2 is 1.81 bits per heavy atom. The monoisotopic (exact) mass is 536 g/mol. The van der Waals surface area contributed by atoms with Crippen molar-refractivity contribution in [3.8, 4) is 5.75 Å². The summed E-state index contributed by atoms with van der Waals surface area (Å²) in [4.78, 5) is 7.15. The zero-order chi connectivity index (χ0) is 21.0. The van der Waals surface area contributed by atoms with Gasteiger partial charge in [0.1, 0.15) is 12.4 Å². The summed E-state index contributed by atoms with van der Waals surface area (Å²) in [5.74, 6) is 1.63. The lowest BCUT2D eigenvalue weighted by atomic mass is 10.1. The molecule has 0 atom stereocenters. The first kappa shape index (κ1) is 25.0. The Bertz CT molecular complexity index is 838. The Balaban J connectivity index is 0.00000341. The van der Waals surface area contributed by atoms with Gasteiger partial charge in [-0.1, -0.05) is 49.1 Å². The van der Waals surface area contributed by atoms with E-state index in [1.165, 1.54) is 11.3 Å². The summed E-state index contributed by atoms with van der Waals surface area (Å²) in [6.45, 7) is 11.7. The van der Waals surface area contributed by atoms with Crippen molar-refractivity contribution >= 4 is 35.6 Å². The molecule has 0 amide bonds. The molecule has 6 nitrogen and oxygen atoms in total. The minimum atomic E-state index is 0. The minimum absolute atomic E-state index is 0. The van der Waals surface area contributed by atoms with Crippen LogP contribution in [-0.4, -0.2) is 45.4 Å². The number of nitrogens with one attached hydrogen (secondary N) is 2. The molecule has 0 aliphatic carbocycles. The van der Waals surface area contributed by atoms with Crippen LogP contribution in [0.5, 0.6) is 5.75 Å². The molecule has 1 saturated heterocycles. The molecule has 7 heteroatoms. The summed E-state index contributed by atoms with van der Waals surface area (Å²) in [6.07, 6.45) is 1.75. The number of hydrogen-bond acceptors (Lipinski definition) is 4. The molecule has 0 aromatic heterocycles. The number of ether oxygens (including phenoxy) is 2. The lowest BCUT2D eigenvalue weighted by Gasteiger charge is -2.30. The largest absolute Gasteiger partial charge is 0.489 e. The van der Waals surface area contributed by atoms with Crippen molar-refractivity contribution in [2.75, 3.05) is 44.4 Å². The Labute approximate surface area is 202 Å². The van der Waals surface area contributed by atoms with Crippen LogP contribution in [0.1, 0.15) is 18.1 Å². The van der Waals surface area contributed by atoms with Gasteiger partial charge in [0, 0.05) is 37.4 Å². The number of aliphatic imine (C=N–C) groups is 1. The molecule has 0 bridgehead atoms. The van der Waals surface area contributed by atoms with Crippen molar-refractivity contribution in [3.63, 3.8) is 0 Å². The van der Waals surface area contributed by atoms with E-state index in [2.05, 4.69) is 53.3 Å². The molecule has 0 spiro atoms. The highest BCUT2D eigenvalue weighted by Crippen LogP contribution is 2.21. The molecular weight excluding hydrogens is 503 g/mol. The second kappa shape index (κ2) is 13.9. The second-order valence-corrected chi connectivity index (χ2v) is 6.98. The molecule has 168 valence electrons. The van der Waals surface area contributed by atoms with Crippen LogP contribution in [0.15, 0.2) is 66.2 Å². The molecular formula is C24H33IN4O2. The zero-order valence-electron chi connectivity index (χ0n) is 18.2. The first-order chi connectivity index (χ1) is 14.8. The van der Waals surface area contributed by atoms with Crippen LogP contribution < -0.4 is 20.3 Å².